The fourth-order valence-corrected chi connectivity index (χ4v) is 4.93. The van der Waals surface area contributed by atoms with Crippen molar-refractivity contribution in [2.75, 3.05) is 25.4 Å². The van der Waals surface area contributed by atoms with Crippen LogP contribution in [0.1, 0.15) is 39.5 Å². The van der Waals surface area contributed by atoms with Crippen molar-refractivity contribution in [1.29, 1.82) is 0 Å². The zero-order valence-electron chi connectivity index (χ0n) is 16.1. The van der Waals surface area contributed by atoms with Crippen molar-refractivity contribution in [3.05, 3.63) is 24.4 Å². The van der Waals surface area contributed by atoms with Crippen molar-refractivity contribution in [3.63, 3.8) is 0 Å². The van der Waals surface area contributed by atoms with Gasteiger partial charge >= 0.3 is 0 Å². The maximum Gasteiger partial charge on any atom is 0.234 e. The molecule has 2 rings (SSSR count). The number of hydrogen-bond donors (Lipinski definition) is 2. The molecule has 2 heterocycles. The molecule has 2 N–H and O–H groups in total. The van der Waals surface area contributed by atoms with Crippen LogP contribution in [-0.2, 0) is 9.59 Å². The molecule has 8 heteroatoms. The molecule has 1 aliphatic rings. The van der Waals surface area contributed by atoms with E-state index in [2.05, 4.69) is 34.4 Å². The average Bonchev–Trinajstić information content (AvgIpc) is 2.65. The highest BCUT2D eigenvalue weighted by Gasteiger charge is 2.26. The molecule has 2 amide bonds. The summed E-state index contributed by atoms with van der Waals surface area (Å²) in [4.78, 5) is 30.5. The molecule has 1 aromatic heterocycles. The van der Waals surface area contributed by atoms with Gasteiger partial charge in [-0.1, -0.05) is 23.3 Å². The van der Waals surface area contributed by atoms with Gasteiger partial charge in [0.1, 0.15) is 5.03 Å². The van der Waals surface area contributed by atoms with Gasteiger partial charge in [0, 0.05) is 43.5 Å². The molecule has 1 saturated heterocycles. The molecule has 27 heavy (non-hydrogen) atoms. The van der Waals surface area contributed by atoms with Gasteiger partial charge in [-0.25, -0.2) is 4.98 Å². The molecule has 6 nitrogen and oxygen atoms in total. The van der Waals surface area contributed by atoms with Crippen molar-refractivity contribution in [2.24, 2.45) is 0 Å². The third kappa shape index (κ3) is 8.53. The van der Waals surface area contributed by atoms with E-state index in [1.807, 2.05) is 18.2 Å². The Kier molecular flexibility index (Phi) is 10.0. The van der Waals surface area contributed by atoms with Crippen LogP contribution >= 0.6 is 21.6 Å². The number of likely N-dealkylation sites (tertiary alicyclic amines) is 1. The van der Waals surface area contributed by atoms with Crippen LogP contribution < -0.4 is 10.6 Å². The van der Waals surface area contributed by atoms with Crippen molar-refractivity contribution in [1.82, 2.24) is 20.5 Å². The highest BCUT2D eigenvalue weighted by Crippen LogP contribution is 2.28. The molecule has 2 atom stereocenters. The first kappa shape index (κ1) is 22.0. The van der Waals surface area contributed by atoms with Crippen LogP contribution in [0, 0.1) is 0 Å². The molecule has 0 unspecified atom stereocenters. The number of rotatable bonds is 10. The Morgan fingerprint density at radius 2 is 1.89 bits per heavy atom. The van der Waals surface area contributed by atoms with Crippen molar-refractivity contribution in [3.8, 4) is 0 Å². The number of carbonyl (C=O) groups is 2. The van der Waals surface area contributed by atoms with E-state index in [0.717, 1.165) is 23.6 Å². The summed E-state index contributed by atoms with van der Waals surface area (Å²) in [6.07, 6.45) is 5.62. The van der Waals surface area contributed by atoms with Crippen LogP contribution in [0.4, 0.5) is 0 Å². The number of amides is 2. The van der Waals surface area contributed by atoms with Crippen LogP contribution in [0.2, 0.25) is 0 Å². The fraction of sp³-hybridized carbons (Fsp3) is 0.632. The van der Waals surface area contributed by atoms with Crippen LogP contribution in [0.25, 0.3) is 0 Å². The Balaban J connectivity index is 1.50. The lowest BCUT2D eigenvalue weighted by Gasteiger charge is -2.38. The van der Waals surface area contributed by atoms with Gasteiger partial charge in [-0.3, -0.25) is 14.5 Å². The highest BCUT2D eigenvalue weighted by molar-refractivity contribution is 8.76. The first-order chi connectivity index (χ1) is 13.1. The van der Waals surface area contributed by atoms with Crippen LogP contribution in [0.5, 0.6) is 0 Å². The Morgan fingerprint density at radius 1 is 1.15 bits per heavy atom. The number of nitrogens with zero attached hydrogens (tertiary/aromatic N) is 2. The number of aromatic nitrogens is 1. The third-order valence-electron chi connectivity index (χ3n) is 4.67. The second-order valence-corrected chi connectivity index (χ2v) is 9.26. The van der Waals surface area contributed by atoms with E-state index in [4.69, 9.17) is 0 Å². The molecule has 0 saturated carbocycles. The molecule has 0 aliphatic carbocycles. The topological polar surface area (TPSA) is 74.3 Å². The van der Waals surface area contributed by atoms with Gasteiger partial charge in [0.2, 0.25) is 11.8 Å². The van der Waals surface area contributed by atoms with Crippen molar-refractivity contribution in [2.45, 2.75) is 56.6 Å². The minimum Gasteiger partial charge on any atom is -0.355 e. The van der Waals surface area contributed by atoms with Gasteiger partial charge in [0.05, 0.1) is 6.54 Å². The number of hydrogen-bond acceptors (Lipinski definition) is 6. The van der Waals surface area contributed by atoms with Gasteiger partial charge in [-0.2, -0.15) is 0 Å². The summed E-state index contributed by atoms with van der Waals surface area (Å²) in [5.41, 5.74) is 0. The van der Waals surface area contributed by atoms with Crippen LogP contribution in [-0.4, -0.2) is 59.2 Å². The lowest BCUT2D eigenvalue weighted by atomic mass is 10.0. The van der Waals surface area contributed by atoms with Gasteiger partial charge in [-0.15, -0.1) is 0 Å². The van der Waals surface area contributed by atoms with E-state index in [1.165, 1.54) is 6.42 Å². The highest BCUT2D eigenvalue weighted by atomic mass is 33.1. The van der Waals surface area contributed by atoms with E-state index in [0.29, 0.717) is 38.1 Å². The molecule has 0 bridgehead atoms. The molecule has 150 valence electrons. The molecule has 1 aromatic rings. The van der Waals surface area contributed by atoms with Crippen molar-refractivity contribution >= 4 is 33.4 Å². The van der Waals surface area contributed by atoms with Crippen molar-refractivity contribution < 1.29 is 9.59 Å². The Morgan fingerprint density at radius 3 is 2.59 bits per heavy atom. The fourth-order valence-electron chi connectivity index (χ4n) is 3.14. The van der Waals surface area contributed by atoms with Crippen LogP contribution in [0.3, 0.4) is 0 Å². The SMILES string of the molecule is [13CH3][C@@H]1CCC[C@H]([13CH3])N1C[13C](=O)[15NH][13CH2]CC(=O)NCCSSc1ccccn1. The summed E-state index contributed by atoms with van der Waals surface area (Å²) in [5.74, 6) is 0.786. The first-order valence-electron chi connectivity index (χ1n) is 9.56. The first-order valence-corrected chi connectivity index (χ1v) is 11.9. The minimum atomic E-state index is -0.0292. The van der Waals surface area contributed by atoms with Gasteiger partial charge in [0.15, 0.2) is 0 Å². The average molecular weight is 416 g/mol. The van der Waals surface area contributed by atoms with Gasteiger partial charge < -0.3 is 10.6 Å². The van der Waals surface area contributed by atoms with E-state index in [1.54, 1.807) is 27.8 Å². The largest absolute Gasteiger partial charge is 0.355 e. The lowest BCUT2D eigenvalue weighted by Crippen LogP contribution is -2.49. The number of nitrogens with one attached hydrogen (secondary N) is 2. The molecule has 0 spiro atoms. The minimum absolute atomic E-state index is 0.00529. The van der Waals surface area contributed by atoms with Crippen LogP contribution in [0.15, 0.2) is 29.4 Å². The van der Waals surface area contributed by atoms with Gasteiger partial charge in [-0.05, 0) is 49.6 Å². The number of piperidine rings is 1. The summed E-state index contributed by atoms with van der Waals surface area (Å²) in [6.45, 7) is 5.78. The second-order valence-electron chi connectivity index (χ2n) is 6.82. The smallest absolute Gasteiger partial charge is 0.234 e. The maximum atomic E-state index is 12.1. The molecule has 1 aliphatic heterocycles. The van der Waals surface area contributed by atoms with Gasteiger partial charge in [0.25, 0.3) is 0 Å². The quantitative estimate of drug-likeness (QED) is 0.265. The molecule has 1 fully saturated rings. The number of carbonyl (C=O) groups excluding carboxylic acids is 2. The third-order valence-corrected chi connectivity index (χ3v) is 6.93. The standard InChI is InChI=1S/C19H30N4O2S2/c1-15-6-5-7-16(2)23(15)14-18(25)20-11-9-17(24)21-12-13-26-27-19-8-3-4-10-22-19/h3-4,8,10,15-16H,5-7,9,11-14H2,1-2H3,(H,20,25)(H,21,24)/t15-,16+/i1+1,2+1,11+1,18+1,20+1. The molecule has 0 radical (unpaired) electrons. The molecular formula is C19H30N4O2S2. The normalized spacial score (nSPS) is 20.2. The van der Waals surface area contributed by atoms with E-state index in [9.17, 15) is 9.59 Å². The maximum absolute atomic E-state index is 12.1. The summed E-state index contributed by atoms with van der Waals surface area (Å²) in [5, 5.41) is 6.72. The van der Waals surface area contributed by atoms with E-state index in [-0.39, 0.29) is 11.8 Å². The Hall–Kier alpha value is -1.25. The molecule has 0 aromatic carbocycles. The van der Waals surface area contributed by atoms with E-state index >= 15 is 0 Å². The monoisotopic (exact) mass is 415 g/mol. The predicted molar refractivity (Wildman–Crippen MR) is 113 cm³/mol. The zero-order valence-corrected chi connectivity index (χ0v) is 17.8. The molecular weight excluding hydrogens is 385 g/mol. The predicted octanol–water partition coefficient (Wildman–Crippen LogP) is 2.71. The second kappa shape index (κ2) is 12.3. The van der Waals surface area contributed by atoms with E-state index < -0.39 is 0 Å². The number of pyridine rings is 1. The Bertz CT molecular complexity index is 578. The summed E-state index contributed by atoms with van der Waals surface area (Å²) in [7, 11) is 3.26. The lowest BCUT2D eigenvalue weighted by molar-refractivity contribution is -0.124. The summed E-state index contributed by atoms with van der Waals surface area (Å²) in [6, 6.07) is 6.71. The summed E-state index contributed by atoms with van der Waals surface area (Å²) >= 11 is 0. The summed E-state index contributed by atoms with van der Waals surface area (Å²) < 4.78 is 0. The Labute approximate surface area is 170 Å². The zero-order chi connectivity index (χ0) is 19.5.